The van der Waals surface area contributed by atoms with Gasteiger partial charge in [0.1, 0.15) is 17.1 Å². The van der Waals surface area contributed by atoms with Crippen molar-refractivity contribution < 1.29 is 19.1 Å². The molecule has 2 aromatic rings. The minimum atomic E-state index is -0.472. The highest BCUT2D eigenvalue weighted by atomic mass is 16.5. The van der Waals surface area contributed by atoms with Crippen LogP contribution >= 0.6 is 0 Å². The molecule has 4 heteroatoms. The fourth-order valence-corrected chi connectivity index (χ4v) is 2.31. The van der Waals surface area contributed by atoms with E-state index in [-0.39, 0.29) is 5.78 Å². The monoisotopic (exact) mass is 338 g/mol. The average molecular weight is 338 g/mol. The number of carbonyl (C=O) groups is 2. The van der Waals surface area contributed by atoms with Gasteiger partial charge in [-0.05, 0) is 18.6 Å². The normalized spacial score (nSPS) is 11.0. The molecule has 0 radical (unpaired) electrons. The summed E-state index contributed by atoms with van der Waals surface area (Å²) in [7, 11) is 1.33. The summed E-state index contributed by atoms with van der Waals surface area (Å²) in [6.07, 6.45) is 3.97. The average Bonchev–Trinajstić information content (AvgIpc) is 2.66. The Hall–Kier alpha value is -2.88. The summed E-state index contributed by atoms with van der Waals surface area (Å²) in [5, 5.41) is 0. The van der Waals surface area contributed by atoms with Crippen LogP contribution in [0.25, 0.3) is 0 Å². The van der Waals surface area contributed by atoms with Gasteiger partial charge in [-0.15, -0.1) is 0 Å². The Balaban J connectivity index is 2.28. The molecule has 0 fully saturated rings. The van der Waals surface area contributed by atoms with Crippen LogP contribution in [0.3, 0.4) is 0 Å². The highest BCUT2D eigenvalue weighted by Crippen LogP contribution is 2.23. The van der Waals surface area contributed by atoms with Crippen molar-refractivity contribution in [2.24, 2.45) is 0 Å². The summed E-state index contributed by atoms with van der Waals surface area (Å²) in [5.74, 6) is 0.326. The van der Waals surface area contributed by atoms with Crippen LogP contribution in [-0.2, 0) is 4.74 Å². The Kier molecular flexibility index (Phi) is 6.96. The fourth-order valence-electron chi connectivity index (χ4n) is 2.31. The second-order valence-electron chi connectivity index (χ2n) is 5.53. The van der Waals surface area contributed by atoms with Crippen molar-refractivity contribution >= 4 is 11.8 Å². The third-order valence-corrected chi connectivity index (χ3v) is 3.66. The number of hydrogen-bond acceptors (Lipinski definition) is 4. The van der Waals surface area contributed by atoms with Gasteiger partial charge in [-0.2, -0.15) is 0 Å². The molecule has 2 rings (SSSR count). The zero-order valence-corrected chi connectivity index (χ0v) is 14.5. The molecule has 0 bridgehead atoms. The minimum Gasteiger partial charge on any atom is -0.465 e. The second-order valence-corrected chi connectivity index (χ2v) is 5.53. The van der Waals surface area contributed by atoms with Gasteiger partial charge in [0.25, 0.3) is 0 Å². The largest absolute Gasteiger partial charge is 0.465 e. The fraction of sp³-hybridized carbons (Fsp3) is 0.238. The van der Waals surface area contributed by atoms with E-state index in [1.807, 2.05) is 18.2 Å². The van der Waals surface area contributed by atoms with Gasteiger partial charge in [0.2, 0.25) is 0 Å². The van der Waals surface area contributed by atoms with Gasteiger partial charge in [-0.25, -0.2) is 4.79 Å². The van der Waals surface area contributed by atoms with E-state index >= 15 is 0 Å². The van der Waals surface area contributed by atoms with Crippen LogP contribution in [0.2, 0.25) is 0 Å². The molecule has 4 nitrogen and oxygen atoms in total. The zero-order valence-electron chi connectivity index (χ0n) is 14.5. The van der Waals surface area contributed by atoms with Gasteiger partial charge in [-0.1, -0.05) is 55.8 Å². The van der Waals surface area contributed by atoms with Crippen LogP contribution in [0.15, 0.2) is 66.4 Å². The third kappa shape index (κ3) is 5.31. The lowest BCUT2D eigenvalue weighted by atomic mass is 10.1. The van der Waals surface area contributed by atoms with Crippen molar-refractivity contribution in [3.05, 3.63) is 77.6 Å². The number of methoxy groups -OCH3 is 1. The molecule has 0 heterocycles. The molecule has 0 aromatic heterocycles. The summed E-state index contributed by atoms with van der Waals surface area (Å²) in [6, 6.07) is 15.9. The van der Waals surface area contributed by atoms with E-state index < -0.39 is 5.97 Å². The summed E-state index contributed by atoms with van der Waals surface area (Å²) >= 11 is 0. The molecule has 0 aliphatic carbocycles. The number of benzene rings is 2. The van der Waals surface area contributed by atoms with Crippen LogP contribution in [0.4, 0.5) is 0 Å². The highest BCUT2D eigenvalue weighted by Gasteiger charge is 2.14. The molecule has 0 N–H and O–H groups in total. The number of para-hydroxylation sites is 1. The van der Waals surface area contributed by atoms with Gasteiger partial charge >= 0.3 is 5.97 Å². The standard InChI is InChI=1S/C21H22O4/c1-3-4-12-17(15-19(22)16-10-6-5-7-11-16)25-20-14-9-8-13-18(20)21(23)24-2/h5-11,13-15H,3-4,12H2,1-2H3/b17-15+. The van der Waals surface area contributed by atoms with Crippen LogP contribution in [0.5, 0.6) is 5.75 Å². The van der Waals surface area contributed by atoms with E-state index in [0.717, 1.165) is 12.8 Å². The molecule has 0 saturated heterocycles. The predicted molar refractivity (Wildman–Crippen MR) is 96.8 cm³/mol. The van der Waals surface area contributed by atoms with E-state index in [4.69, 9.17) is 9.47 Å². The molecule has 0 unspecified atom stereocenters. The molecule has 0 saturated carbocycles. The molecule has 0 spiro atoms. The van der Waals surface area contributed by atoms with Crippen molar-refractivity contribution in [3.8, 4) is 5.75 Å². The van der Waals surface area contributed by atoms with E-state index in [0.29, 0.717) is 29.1 Å². The van der Waals surface area contributed by atoms with Gasteiger partial charge < -0.3 is 9.47 Å². The van der Waals surface area contributed by atoms with E-state index in [1.54, 1.807) is 36.4 Å². The number of carbonyl (C=O) groups excluding carboxylic acids is 2. The molecule has 25 heavy (non-hydrogen) atoms. The zero-order chi connectivity index (χ0) is 18.1. The molecule has 130 valence electrons. The quantitative estimate of drug-likeness (QED) is 0.300. The summed E-state index contributed by atoms with van der Waals surface area (Å²) < 4.78 is 10.7. The number of hydrogen-bond donors (Lipinski definition) is 0. The highest BCUT2D eigenvalue weighted by molar-refractivity contribution is 6.04. The number of ether oxygens (including phenoxy) is 2. The molecule has 0 aliphatic rings. The smallest absolute Gasteiger partial charge is 0.341 e. The number of unbranched alkanes of at least 4 members (excludes halogenated alkanes) is 1. The second kappa shape index (κ2) is 9.42. The van der Waals surface area contributed by atoms with E-state index in [1.165, 1.54) is 13.2 Å². The first-order chi connectivity index (χ1) is 12.2. The van der Waals surface area contributed by atoms with E-state index in [2.05, 4.69) is 6.92 Å². The maximum Gasteiger partial charge on any atom is 0.341 e. The SMILES string of the molecule is CCCC/C(=C\C(=O)c1ccccc1)Oc1ccccc1C(=O)OC. The Morgan fingerprint density at radius 3 is 2.36 bits per heavy atom. The number of esters is 1. The minimum absolute atomic E-state index is 0.123. The Morgan fingerprint density at radius 1 is 1.00 bits per heavy atom. The summed E-state index contributed by atoms with van der Waals surface area (Å²) in [4.78, 5) is 24.3. The van der Waals surface area contributed by atoms with Crippen molar-refractivity contribution in [3.63, 3.8) is 0 Å². The van der Waals surface area contributed by atoms with Gasteiger partial charge in [-0.3, -0.25) is 4.79 Å². The first-order valence-corrected chi connectivity index (χ1v) is 8.30. The predicted octanol–water partition coefficient (Wildman–Crippen LogP) is 4.81. The van der Waals surface area contributed by atoms with Gasteiger partial charge in [0.05, 0.1) is 7.11 Å². The van der Waals surface area contributed by atoms with Crippen molar-refractivity contribution in [1.82, 2.24) is 0 Å². The topological polar surface area (TPSA) is 52.6 Å². The Morgan fingerprint density at radius 2 is 1.68 bits per heavy atom. The first kappa shape index (κ1) is 18.5. The molecular formula is C21H22O4. The maximum absolute atomic E-state index is 12.4. The lowest BCUT2D eigenvalue weighted by Gasteiger charge is -2.13. The van der Waals surface area contributed by atoms with Crippen molar-refractivity contribution in [2.45, 2.75) is 26.2 Å². The molecule has 0 amide bonds. The van der Waals surface area contributed by atoms with Crippen molar-refractivity contribution in [1.29, 1.82) is 0 Å². The van der Waals surface area contributed by atoms with E-state index in [9.17, 15) is 9.59 Å². The summed E-state index contributed by atoms with van der Waals surface area (Å²) in [5.41, 5.74) is 0.931. The number of rotatable bonds is 8. The van der Waals surface area contributed by atoms with Crippen LogP contribution in [0, 0.1) is 0 Å². The van der Waals surface area contributed by atoms with Gasteiger partial charge in [0, 0.05) is 18.1 Å². The lowest BCUT2D eigenvalue weighted by molar-refractivity contribution is 0.0597. The van der Waals surface area contributed by atoms with Gasteiger partial charge in [0.15, 0.2) is 5.78 Å². The first-order valence-electron chi connectivity index (χ1n) is 8.30. The molecule has 2 aromatic carbocycles. The summed E-state index contributed by atoms with van der Waals surface area (Å²) in [6.45, 7) is 2.07. The third-order valence-electron chi connectivity index (χ3n) is 3.66. The lowest BCUT2D eigenvalue weighted by Crippen LogP contribution is -2.07. The Labute approximate surface area is 148 Å². The molecule has 0 atom stereocenters. The van der Waals surface area contributed by atoms with Crippen LogP contribution in [-0.4, -0.2) is 18.9 Å². The Bertz CT molecular complexity index is 748. The number of allylic oxidation sites excluding steroid dienone is 2. The number of ketones is 1. The van der Waals surface area contributed by atoms with Crippen LogP contribution < -0.4 is 4.74 Å². The van der Waals surface area contributed by atoms with Crippen LogP contribution in [0.1, 0.15) is 46.9 Å². The van der Waals surface area contributed by atoms with Crippen molar-refractivity contribution in [2.75, 3.05) is 7.11 Å². The molecular weight excluding hydrogens is 316 g/mol. The maximum atomic E-state index is 12.4. The molecule has 0 aliphatic heterocycles.